The summed E-state index contributed by atoms with van der Waals surface area (Å²) in [6, 6.07) is 0. The van der Waals surface area contributed by atoms with Gasteiger partial charge >= 0.3 is 0 Å². The van der Waals surface area contributed by atoms with E-state index < -0.39 is 0 Å². The monoisotopic (exact) mass is 268 g/mol. The van der Waals surface area contributed by atoms with E-state index in [9.17, 15) is 9.59 Å². The molecule has 3 N–H and O–H groups in total. The zero-order valence-corrected chi connectivity index (χ0v) is 10.6. The van der Waals surface area contributed by atoms with Crippen LogP contribution in [0.4, 0.5) is 5.95 Å². The standard InChI is InChI=1S/C10H16N6O3/c1-19-6-7(17)15-2-4-16(5-3-15)9(18)8-12-10(11)14-13-8/h2-6H2,1H3,(H3,11,12,13,14). The number of hydrogen-bond acceptors (Lipinski definition) is 6. The predicted octanol–water partition coefficient (Wildman–Crippen LogP) is -1.68. The van der Waals surface area contributed by atoms with Gasteiger partial charge in [-0.2, -0.15) is 4.98 Å². The smallest absolute Gasteiger partial charge is 0.291 e. The minimum Gasteiger partial charge on any atom is -0.375 e. The van der Waals surface area contributed by atoms with E-state index in [-0.39, 0.29) is 30.2 Å². The molecule has 104 valence electrons. The third-order valence-electron chi connectivity index (χ3n) is 2.89. The Morgan fingerprint density at radius 3 is 2.47 bits per heavy atom. The molecule has 1 aromatic rings. The lowest BCUT2D eigenvalue weighted by molar-refractivity contribution is -0.136. The average Bonchev–Trinajstić information content (AvgIpc) is 2.85. The maximum absolute atomic E-state index is 12.0. The summed E-state index contributed by atoms with van der Waals surface area (Å²) in [5.74, 6) is -0.173. The largest absolute Gasteiger partial charge is 0.375 e. The second kappa shape index (κ2) is 5.65. The van der Waals surface area contributed by atoms with Crippen molar-refractivity contribution in [1.82, 2.24) is 25.0 Å². The highest BCUT2D eigenvalue weighted by Gasteiger charge is 2.26. The van der Waals surface area contributed by atoms with Crippen LogP contribution < -0.4 is 5.73 Å². The van der Waals surface area contributed by atoms with Crippen molar-refractivity contribution in [3.63, 3.8) is 0 Å². The molecule has 1 aromatic heterocycles. The van der Waals surface area contributed by atoms with Crippen molar-refractivity contribution < 1.29 is 14.3 Å². The van der Waals surface area contributed by atoms with Crippen molar-refractivity contribution in [2.24, 2.45) is 0 Å². The molecular weight excluding hydrogens is 252 g/mol. The third kappa shape index (κ3) is 2.99. The van der Waals surface area contributed by atoms with Gasteiger partial charge in [-0.1, -0.05) is 0 Å². The van der Waals surface area contributed by atoms with Crippen LogP contribution in [-0.4, -0.2) is 76.7 Å². The summed E-state index contributed by atoms with van der Waals surface area (Å²) in [5, 5.41) is 6.09. The van der Waals surface area contributed by atoms with Crippen molar-refractivity contribution in [3.05, 3.63) is 5.82 Å². The lowest BCUT2D eigenvalue weighted by atomic mass is 10.3. The Labute approximate surface area is 109 Å². The Morgan fingerprint density at radius 2 is 1.95 bits per heavy atom. The lowest BCUT2D eigenvalue weighted by Gasteiger charge is -2.34. The molecule has 0 unspecified atom stereocenters. The number of methoxy groups -OCH3 is 1. The van der Waals surface area contributed by atoms with Crippen molar-refractivity contribution in [1.29, 1.82) is 0 Å². The summed E-state index contributed by atoms with van der Waals surface area (Å²) in [6.45, 7) is 1.94. The van der Waals surface area contributed by atoms with Crippen LogP contribution in [0.25, 0.3) is 0 Å². The molecule has 0 spiro atoms. The molecule has 0 saturated carbocycles. The number of nitrogen functional groups attached to an aromatic ring is 1. The summed E-state index contributed by atoms with van der Waals surface area (Å²) in [4.78, 5) is 30.7. The Hall–Kier alpha value is -2.16. The third-order valence-corrected chi connectivity index (χ3v) is 2.89. The Bertz CT molecular complexity index is 466. The number of aromatic nitrogens is 3. The van der Waals surface area contributed by atoms with Crippen LogP contribution >= 0.6 is 0 Å². The van der Waals surface area contributed by atoms with Crippen LogP contribution in [-0.2, 0) is 9.53 Å². The van der Waals surface area contributed by atoms with Crippen molar-refractivity contribution in [2.45, 2.75) is 0 Å². The van der Waals surface area contributed by atoms with E-state index in [1.54, 1.807) is 9.80 Å². The second-order valence-corrected chi connectivity index (χ2v) is 4.15. The lowest BCUT2D eigenvalue weighted by Crippen LogP contribution is -2.51. The van der Waals surface area contributed by atoms with Crippen LogP contribution in [0.5, 0.6) is 0 Å². The molecule has 2 rings (SSSR count). The first-order valence-corrected chi connectivity index (χ1v) is 5.85. The number of H-pyrrole nitrogens is 1. The summed E-state index contributed by atoms with van der Waals surface area (Å²) in [5.41, 5.74) is 5.35. The van der Waals surface area contributed by atoms with E-state index in [4.69, 9.17) is 10.5 Å². The first kappa shape index (κ1) is 13.3. The molecule has 0 radical (unpaired) electrons. The minimum atomic E-state index is -0.261. The zero-order chi connectivity index (χ0) is 13.8. The molecule has 2 amide bonds. The van der Waals surface area contributed by atoms with Gasteiger partial charge in [-0.3, -0.25) is 14.7 Å². The van der Waals surface area contributed by atoms with Gasteiger partial charge in [-0.05, 0) is 0 Å². The van der Waals surface area contributed by atoms with Gasteiger partial charge < -0.3 is 20.3 Å². The summed E-state index contributed by atoms with van der Waals surface area (Å²) < 4.78 is 4.79. The summed E-state index contributed by atoms with van der Waals surface area (Å²) in [7, 11) is 1.48. The Balaban J connectivity index is 1.89. The molecule has 0 aromatic carbocycles. The molecule has 19 heavy (non-hydrogen) atoms. The molecule has 0 aliphatic carbocycles. The van der Waals surface area contributed by atoms with Gasteiger partial charge in [0.15, 0.2) is 0 Å². The van der Waals surface area contributed by atoms with E-state index in [0.29, 0.717) is 26.2 Å². The van der Waals surface area contributed by atoms with Crippen LogP contribution in [0.3, 0.4) is 0 Å². The van der Waals surface area contributed by atoms with Gasteiger partial charge in [0.05, 0.1) is 0 Å². The number of nitrogens with two attached hydrogens (primary N) is 1. The first-order valence-electron chi connectivity index (χ1n) is 5.85. The second-order valence-electron chi connectivity index (χ2n) is 4.15. The molecule has 2 heterocycles. The van der Waals surface area contributed by atoms with Crippen LogP contribution in [0.1, 0.15) is 10.6 Å². The number of piperazine rings is 1. The quantitative estimate of drug-likeness (QED) is 0.676. The number of anilines is 1. The molecule has 9 nitrogen and oxygen atoms in total. The fraction of sp³-hybridized carbons (Fsp3) is 0.600. The van der Waals surface area contributed by atoms with E-state index in [0.717, 1.165) is 0 Å². The summed E-state index contributed by atoms with van der Waals surface area (Å²) in [6.07, 6.45) is 0. The van der Waals surface area contributed by atoms with Gasteiger partial charge in [-0.25, -0.2) is 0 Å². The Kier molecular flexibility index (Phi) is 3.95. The number of amides is 2. The molecule has 9 heteroatoms. The SMILES string of the molecule is COCC(=O)N1CCN(C(=O)c2nc(N)n[nH]2)CC1. The van der Waals surface area contributed by atoms with Crippen LogP contribution in [0.2, 0.25) is 0 Å². The molecule has 1 saturated heterocycles. The molecule has 0 atom stereocenters. The topological polar surface area (TPSA) is 117 Å². The predicted molar refractivity (Wildman–Crippen MR) is 65.2 cm³/mol. The summed E-state index contributed by atoms with van der Waals surface area (Å²) >= 11 is 0. The van der Waals surface area contributed by atoms with Gasteiger partial charge in [0, 0.05) is 33.3 Å². The number of rotatable bonds is 3. The molecule has 1 fully saturated rings. The van der Waals surface area contributed by atoms with E-state index in [1.165, 1.54) is 7.11 Å². The molecule has 1 aliphatic rings. The van der Waals surface area contributed by atoms with Crippen molar-refractivity contribution >= 4 is 17.8 Å². The van der Waals surface area contributed by atoms with Gasteiger partial charge in [0.25, 0.3) is 5.91 Å². The van der Waals surface area contributed by atoms with Crippen LogP contribution in [0.15, 0.2) is 0 Å². The van der Waals surface area contributed by atoms with Gasteiger partial charge in [0.1, 0.15) is 6.61 Å². The van der Waals surface area contributed by atoms with E-state index >= 15 is 0 Å². The van der Waals surface area contributed by atoms with Gasteiger partial charge in [-0.15, -0.1) is 5.10 Å². The van der Waals surface area contributed by atoms with E-state index in [2.05, 4.69) is 15.2 Å². The number of carbonyl (C=O) groups is 2. The fourth-order valence-electron chi connectivity index (χ4n) is 1.89. The normalized spacial score (nSPS) is 15.6. The number of nitrogens with one attached hydrogen (secondary N) is 1. The zero-order valence-electron chi connectivity index (χ0n) is 10.6. The number of hydrogen-bond donors (Lipinski definition) is 2. The number of aromatic amines is 1. The highest BCUT2D eigenvalue weighted by Crippen LogP contribution is 2.06. The molecular formula is C10H16N6O3. The fourth-order valence-corrected chi connectivity index (χ4v) is 1.89. The number of carbonyl (C=O) groups excluding carboxylic acids is 2. The Morgan fingerprint density at radius 1 is 1.32 bits per heavy atom. The number of ether oxygens (including phenoxy) is 1. The number of nitrogens with zero attached hydrogens (tertiary/aromatic N) is 4. The van der Waals surface area contributed by atoms with Gasteiger partial charge in [0.2, 0.25) is 17.7 Å². The molecule has 1 aliphatic heterocycles. The highest BCUT2D eigenvalue weighted by atomic mass is 16.5. The highest BCUT2D eigenvalue weighted by molar-refractivity contribution is 5.91. The average molecular weight is 268 g/mol. The minimum absolute atomic E-state index is 0.0391. The first-order chi connectivity index (χ1) is 9.11. The molecule has 0 bridgehead atoms. The van der Waals surface area contributed by atoms with Crippen LogP contribution in [0, 0.1) is 0 Å². The van der Waals surface area contributed by atoms with Crippen molar-refractivity contribution in [3.8, 4) is 0 Å². The maximum atomic E-state index is 12.0. The van der Waals surface area contributed by atoms with Crippen molar-refractivity contribution in [2.75, 3.05) is 45.6 Å². The maximum Gasteiger partial charge on any atom is 0.291 e. The van der Waals surface area contributed by atoms with E-state index in [1.807, 2.05) is 0 Å².